The number of carbonyl (C=O) groups excluding carboxylic acids is 3. The first kappa shape index (κ1) is 28.5. The zero-order valence-electron chi connectivity index (χ0n) is 22.8. The predicted octanol–water partition coefficient (Wildman–Crippen LogP) is 4.58. The summed E-state index contributed by atoms with van der Waals surface area (Å²) in [6.45, 7) is 1.85. The van der Waals surface area contributed by atoms with E-state index in [1.54, 1.807) is 42.5 Å². The van der Waals surface area contributed by atoms with Gasteiger partial charge in [-0.25, -0.2) is 9.78 Å². The van der Waals surface area contributed by atoms with Gasteiger partial charge in [-0.2, -0.15) is 4.68 Å². The minimum atomic E-state index is -0.621. The zero-order valence-corrected chi connectivity index (χ0v) is 23.6. The molecule has 1 aliphatic heterocycles. The number of anilines is 2. The molecule has 14 heteroatoms. The van der Waals surface area contributed by atoms with Gasteiger partial charge in [0.05, 0.1) is 35.9 Å². The molecule has 216 valence electrons. The number of ether oxygens (including phenoxy) is 1. The summed E-state index contributed by atoms with van der Waals surface area (Å²) < 4.78 is 6.16. The molecule has 4 N–H and O–H groups in total. The average molecular weight is 590 g/mol. The fourth-order valence-corrected chi connectivity index (χ4v) is 4.85. The minimum absolute atomic E-state index is 0.159. The van der Waals surface area contributed by atoms with Crippen molar-refractivity contribution >= 4 is 47.0 Å². The van der Waals surface area contributed by atoms with E-state index in [1.807, 2.05) is 6.92 Å². The third kappa shape index (κ3) is 6.63. The molecule has 1 aliphatic rings. The Hall–Kier alpha value is -5.04. The Morgan fingerprint density at radius 1 is 1.19 bits per heavy atom. The van der Waals surface area contributed by atoms with E-state index >= 15 is 0 Å². The number of nitrogens with one attached hydrogen (secondary N) is 4. The number of halogens is 1. The first-order valence-electron chi connectivity index (χ1n) is 13.2. The van der Waals surface area contributed by atoms with Crippen molar-refractivity contribution < 1.29 is 19.1 Å². The number of hydrogen-bond acceptors (Lipinski definition) is 8. The van der Waals surface area contributed by atoms with Gasteiger partial charge in [0.2, 0.25) is 11.8 Å². The van der Waals surface area contributed by atoms with Gasteiger partial charge in [0.25, 0.3) is 0 Å². The molecule has 42 heavy (non-hydrogen) atoms. The van der Waals surface area contributed by atoms with Crippen LogP contribution in [0, 0.1) is 6.92 Å². The van der Waals surface area contributed by atoms with Gasteiger partial charge in [0.15, 0.2) is 0 Å². The van der Waals surface area contributed by atoms with Crippen molar-refractivity contribution in [2.75, 3.05) is 17.7 Å². The predicted molar refractivity (Wildman–Crippen MR) is 156 cm³/mol. The summed E-state index contributed by atoms with van der Waals surface area (Å²) in [6, 6.07) is 9.91. The van der Waals surface area contributed by atoms with Crippen LogP contribution >= 0.6 is 11.6 Å². The number of tetrazole rings is 1. The number of hydrogen-bond donors (Lipinski definition) is 4. The van der Waals surface area contributed by atoms with Gasteiger partial charge >= 0.3 is 6.09 Å². The maximum atomic E-state index is 13.1. The average Bonchev–Trinajstić information content (AvgIpc) is 3.63. The quantitative estimate of drug-likeness (QED) is 0.245. The second-order valence-electron chi connectivity index (χ2n) is 9.61. The molecule has 0 saturated heterocycles. The van der Waals surface area contributed by atoms with E-state index in [-0.39, 0.29) is 11.8 Å². The molecule has 4 aromatic rings. The molecule has 3 heterocycles. The molecule has 0 saturated carbocycles. The van der Waals surface area contributed by atoms with Crippen molar-refractivity contribution in [3.8, 4) is 16.9 Å². The topological polar surface area (TPSA) is 169 Å². The summed E-state index contributed by atoms with van der Waals surface area (Å²) >= 11 is 6.20. The van der Waals surface area contributed by atoms with Crippen LogP contribution in [0.15, 0.2) is 48.8 Å². The Morgan fingerprint density at radius 3 is 2.83 bits per heavy atom. The summed E-state index contributed by atoms with van der Waals surface area (Å²) in [5, 5.41) is 20.4. The number of carbonyl (C=O) groups is 3. The highest BCUT2D eigenvalue weighted by molar-refractivity contribution is 6.30. The van der Waals surface area contributed by atoms with Gasteiger partial charge in [-0.1, -0.05) is 18.0 Å². The number of amides is 3. The smallest absolute Gasteiger partial charge is 0.411 e. The van der Waals surface area contributed by atoms with Gasteiger partial charge in [-0.05, 0) is 72.7 Å². The Morgan fingerprint density at radius 2 is 2.05 bits per heavy atom. The molecule has 2 aromatic heterocycles. The molecular weight excluding hydrogens is 562 g/mol. The summed E-state index contributed by atoms with van der Waals surface area (Å²) in [6.07, 6.45) is 6.04. The fraction of sp³-hybridized carbons (Fsp3) is 0.250. The summed E-state index contributed by atoms with van der Waals surface area (Å²) in [5.41, 5.74) is 4.35. The van der Waals surface area contributed by atoms with Gasteiger partial charge in [-0.15, -0.1) is 5.10 Å². The minimum Gasteiger partial charge on any atom is -0.453 e. The van der Waals surface area contributed by atoms with Crippen LogP contribution in [-0.2, 0) is 14.3 Å². The molecule has 2 aromatic carbocycles. The van der Waals surface area contributed by atoms with Crippen LogP contribution in [0.2, 0.25) is 5.02 Å². The lowest BCUT2D eigenvalue weighted by atomic mass is 10.0. The first-order chi connectivity index (χ1) is 20.3. The number of imidazole rings is 1. The van der Waals surface area contributed by atoms with Crippen molar-refractivity contribution in [3.05, 3.63) is 70.9 Å². The third-order valence-electron chi connectivity index (χ3n) is 6.69. The van der Waals surface area contributed by atoms with E-state index in [4.69, 9.17) is 16.6 Å². The largest absolute Gasteiger partial charge is 0.453 e. The van der Waals surface area contributed by atoms with E-state index in [2.05, 4.69) is 41.2 Å². The van der Waals surface area contributed by atoms with Crippen LogP contribution < -0.4 is 16.0 Å². The second-order valence-corrected chi connectivity index (χ2v) is 10.0. The molecule has 0 unspecified atom stereocenters. The van der Waals surface area contributed by atoms with Gasteiger partial charge < -0.3 is 20.4 Å². The molecule has 0 radical (unpaired) electrons. The van der Waals surface area contributed by atoms with E-state index in [0.29, 0.717) is 76.1 Å². The number of fused-ring (bicyclic) bond motifs is 4. The number of aromatic nitrogens is 6. The summed E-state index contributed by atoms with van der Waals surface area (Å²) in [5.74, 6) is 0.103. The molecular formula is C28H28ClN9O4. The molecule has 13 nitrogen and oxygen atoms in total. The fourth-order valence-electron chi connectivity index (χ4n) is 4.67. The molecule has 1 atom stereocenters. The van der Waals surface area contributed by atoms with Gasteiger partial charge in [0, 0.05) is 34.3 Å². The lowest BCUT2D eigenvalue weighted by Gasteiger charge is -2.17. The van der Waals surface area contributed by atoms with Crippen LogP contribution in [0.5, 0.6) is 0 Å². The van der Waals surface area contributed by atoms with E-state index in [1.165, 1.54) is 24.2 Å². The summed E-state index contributed by atoms with van der Waals surface area (Å²) in [7, 11) is 1.27. The standard InChI is InChI=1S/C28H28ClN9O4/c1-16-26-20-10-9-19(32-28(41)42-2)14-22(20)34-24(39)6-4-3-5-21(27(31-16)35-26)33-25(40)12-7-17-13-18(29)8-11-23(17)38-15-30-36-37-38/h7-15,21H,3-6H2,1-2H3,(H,31,35)(H,32,41)(H,33,40)(H,34,39)/b12-7+/t21-/m0/s1. The van der Waals surface area contributed by atoms with Crippen LogP contribution in [0.3, 0.4) is 0 Å². The SMILES string of the molecule is COC(=O)Nc1ccc2c(c1)NC(=O)CCCC[C@H](NC(=O)/C=C/c1cc(Cl)ccc1-n1cnnn1)c1nc(C)c-2[nH]1. The van der Waals surface area contributed by atoms with Crippen molar-refractivity contribution in [3.63, 3.8) is 0 Å². The highest BCUT2D eigenvalue weighted by Crippen LogP contribution is 2.34. The molecule has 0 fully saturated rings. The Balaban J connectivity index is 1.42. The lowest BCUT2D eigenvalue weighted by molar-refractivity contribution is -0.118. The number of methoxy groups -OCH3 is 1. The number of H-pyrrole nitrogens is 1. The molecule has 0 aliphatic carbocycles. The normalized spacial score (nSPS) is 15.2. The second kappa shape index (κ2) is 12.6. The van der Waals surface area contributed by atoms with E-state index in [9.17, 15) is 14.4 Å². The maximum Gasteiger partial charge on any atom is 0.411 e. The Bertz CT molecular complexity index is 1650. The Labute approximate surface area is 245 Å². The molecule has 5 rings (SSSR count). The maximum absolute atomic E-state index is 13.1. The van der Waals surface area contributed by atoms with Crippen molar-refractivity contribution in [1.29, 1.82) is 0 Å². The van der Waals surface area contributed by atoms with Crippen molar-refractivity contribution in [1.82, 2.24) is 35.5 Å². The number of rotatable bonds is 5. The lowest BCUT2D eigenvalue weighted by Crippen LogP contribution is -2.28. The zero-order chi connectivity index (χ0) is 29.6. The van der Waals surface area contributed by atoms with Crippen LogP contribution in [-0.4, -0.2) is 55.2 Å². The van der Waals surface area contributed by atoms with E-state index in [0.717, 1.165) is 0 Å². The van der Waals surface area contributed by atoms with Crippen LogP contribution in [0.1, 0.15) is 48.8 Å². The number of nitrogens with zero attached hydrogens (tertiary/aromatic N) is 5. The van der Waals surface area contributed by atoms with Crippen molar-refractivity contribution in [2.45, 2.75) is 38.6 Å². The van der Waals surface area contributed by atoms with Gasteiger partial charge in [0.1, 0.15) is 12.2 Å². The Kier molecular flexibility index (Phi) is 8.58. The van der Waals surface area contributed by atoms with Crippen molar-refractivity contribution in [2.24, 2.45) is 0 Å². The third-order valence-corrected chi connectivity index (χ3v) is 6.93. The van der Waals surface area contributed by atoms with E-state index < -0.39 is 12.1 Å². The number of aromatic amines is 1. The monoisotopic (exact) mass is 589 g/mol. The van der Waals surface area contributed by atoms with Crippen LogP contribution in [0.4, 0.5) is 16.2 Å². The summed E-state index contributed by atoms with van der Waals surface area (Å²) in [4.78, 5) is 45.7. The number of aryl methyl sites for hydroxylation is 1. The molecule has 2 bridgehead atoms. The number of benzene rings is 2. The van der Waals surface area contributed by atoms with Crippen LogP contribution in [0.25, 0.3) is 23.0 Å². The molecule has 0 spiro atoms. The highest BCUT2D eigenvalue weighted by atomic mass is 35.5. The first-order valence-corrected chi connectivity index (χ1v) is 13.6. The highest BCUT2D eigenvalue weighted by Gasteiger charge is 2.22. The molecule has 3 amide bonds. The van der Waals surface area contributed by atoms with Gasteiger partial charge in [-0.3, -0.25) is 14.9 Å².